The van der Waals surface area contributed by atoms with Crippen LogP contribution in [0.2, 0.25) is 0 Å². The Hall–Kier alpha value is -1.11. The van der Waals surface area contributed by atoms with Crippen molar-refractivity contribution in [1.82, 2.24) is 0 Å². The minimum absolute atomic E-state index is 0.129. The highest BCUT2D eigenvalue weighted by molar-refractivity contribution is 9.10. The number of halogens is 1. The molecule has 100 valence electrons. The molecule has 0 radical (unpaired) electrons. The molecule has 1 aromatic rings. The van der Waals surface area contributed by atoms with Crippen LogP contribution in [0.1, 0.15) is 10.4 Å². The molecule has 0 saturated carbocycles. The highest BCUT2D eigenvalue weighted by Crippen LogP contribution is 2.24. The molecule has 6 heteroatoms. The van der Waals surface area contributed by atoms with Gasteiger partial charge in [0.15, 0.2) is 0 Å². The zero-order valence-corrected chi connectivity index (χ0v) is 11.9. The summed E-state index contributed by atoms with van der Waals surface area (Å²) in [6.07, 6.45) is -0.129. The lowest BCUT2D eigenvalue weighted by Gasteiger charge is -2.17. The first-order chi connectivity index (χ1) is 8.60. The molecule has 0 aliphatic rings. The molecule has 1 atom stereocenters. The van der Waals surface area contributed by atoms with Crippen molar-refractivity contribution in [3.63, 3.8) is 0 Å². The third-order valence-corrected chi connectivity index (χ3v) is 3.09. The van der Waals surface area contributed by atoms with Gasteiger partial charge in [0.2, 0.25) is 0 Å². The number of hydrogen-bond acceptors (Lipinski definition) is 4. The van der Waals surface area contributed by atoms with E-state index < -0.39 is 5.97 Å². The van der Waals surface area contributed by atoms with Gasteiger partial charge < -0.3 is 19.9 Å². The second kappa shape index (κ2) is 7.35. The second-order valence-electron chi connectivity index (χ2n) is 3.66. The minimum Gasteiger partial charge on any atom is -0.478 e. The molecule has 0 aromatic heterocycles. The van der Waals surface area contributed by atoms with Gasteiger partial charge in [0.1, 0.15) is 0 Å². The van der Waals surface area contributed by atoms with Crippen molar-refractivity contribution in [2.75, 3.05) is 32.7 Å². The van der Waals surface area contributed by atoms with Crippen LogP contribution >= 0.6 is 15.9 Å². The molecule has 0 bridgehead atoms. The molecule has 0 aliphatic heterocycles. The lowest BCUT2D eigenvalue weighted by molar-refractivity contribution is 0.0365. The van der Waals surface area contributed by atoms with Crippen LogP contribution in [0.15, 0.2) is 22.7 Å². The van der Waals surface area contributed by atoms with Crippen molar-refractivity contribution in [2.24, 2.45) is 0 Å². The Kier molecular flexibility index (Phi) is 6.11. The van der Waals surface area contributed by atoms with Gasteiger partial charge in [-0.15, -0.1) is 0 Å². The summed E-state index contributed by atoms with van der Waals surface area (Å²) in [5.41, 5.74) is 0.764. The third kappa shape index (κ3) is 3.97. The molecule has 0 fully saturated rings. The first kappa shape index (κ1) is 14.9. The van der Waals surface area contributed by atoms with Gasteiger partial charge in [0.05, 0.1) is 18.3 Å². The molecule has 5 nitrogen and oxygen atoms in total. The van der Waals surface area contributed by atoms with Crippen molar-refractivity contribution < 1.29 is 19.4 Å². The fourth-order valence-corrected chi connectivity index (χ4v) is 2.04. The summed E-state index contributed by atoms with van der Waals surface area (Å²) < 4.78 is 10.7. The number of aromatic carboxylic acids is 1. The fourth-order valence-electron chi connectivity index (χ4n) is 1.51. The van der Waals surface area contributed by atoms with E-state index in [9.17, 15) is 4.79 Å². The predicted molar refractivity (Wildman–Crippen MR) is 72.3 cm³/mol. The third-order valence-electron chi connectivity index (χ3n) is 2.43. The minimum atomic E-state index is -0.981. The largest absolute Gasteiger partial charge is 0.478 e. The van der Waals surface area contributed by atoms with Crippen LogP contribution in [0.3, 0.4) is 0 Å². The maximum Gasteiger partial charge on any atom is 0.338 e. The standard InChI is InChI=1S/C12H16BrNO4/c1-17-7-8(18-2)6-14-10-5-3-4-9(13)11(10)12(15)16/h3-5,8,14H,6-7H2,1-2H3,(H,15,16). The van der Waals surface area contributed by atoms with Crippen LogP contribution in [0.25, 0.3) is 0 Å². The number of hydrogen-bond donors (Lipinski definition) is 2. The Morgan fingerprint density at radius 3 is 2.78 bits per heavy atom. The first-order valence-corrected chi connectivity index (χ1v) is 6.16. The average molecular weight is 318 g/mol. The van der Waals surface area contributed by atoms with Gasteiger partial charge >= 0.3 is 5.97 Å². The molecule has 0 aliphatic carbocycles. The number of methoxy groups -OCH3 is 2. The maximum atomic E-state index is 11.2. The molecular weight excluding hydrogens is 302 g/mol. The molecule has 18 heavy (non-hydrogen) atoms. The predicted octanol–water partition coefficient (Wildman–Crippen LogP) is 2.22. The summed E-state index contributed by atoms with van der Waals surface area (Å²) >= 11 is 3.23. The van der Waals surface area contributed by atoms with E-state index in [1.807, 2.05) is 0 Å². The Balaban J connectivity index is 2.78. The highest BCUT2D eigenvalue weighted by Gasteiger charge is 2.15. The molecule has 1 unspecified atom stereocenters. The zero-order chi connectivity index (χ0) is 13.5. The van der Waals surface area contributed by atoms with E-state index in [0.717, 1.165) is 0 Å². The quantitative estimate of drug-likeness (QED) is 0.807. The number of carboxylic acids is 1. The van der Waals surface area contributed by atoms with E-state index >= 15 is 0 Å². The van der Waals surface area contributed by atoms with Gasteiger partial charge in [-0.2, -0.15) is 0 Å². The number of benzene rings is 1. The van der Waals surface area contributed by atoms with E-state index in [0.29, 0.717) is 23.3 Å². The van der Waals surface area contributed by atoms with Crippen LogP contribution in [-0.2, 0) is 9.47 Å². The molecule has 1 rings (SSSR count). The molecule has 2 N–H and O–H groups in total. The lowest BCUT2D eigenvalue weighted by atomic mass is 10.1. The van der Waals surface area contributed by atoms with E-state index in [-0.39, 0.29) is 11.7 Å². The van der Waals surface area contributed by atoms with Crippen LogP contribution in [0.5, 0.6) is 0 Å². The van der Waals surface area contributed by atoms with Gasteiger partial charge in [0.25, 0.3) is 0 Å². The van der Waals surface area contributed by atoms with Crippen molar-refractivity contribution >= 4 is 27.6 Å². The second-order valence-corrected chi connectivity index (χ2v) is 4.52. The van der Waals surface area contributed by atoms with Crippen LogP contribution < -0.4 is 5.32 Å². The smallest absolute Gasteiger partial charge is 0.338 e. The van der Waals surface area contributed by atoms with Crippen molar-refractivity contribution in [3.8, 4) is 0 Å². The van der Waals surface area contributed by atoms with Gasteiger partial charge in [-0.1, -0.05) is 6.07 Å². The van der Waals surface area contributed by atoms with Gasteiger partial charge in [-0.25, -0.2) is 4.79 Å². The van der Waals surface area contributed by atoms with E-state index in [2.05, 4.69) is 21.2 Å². The number of carbonyl (C=O) groups is 1. The Bertz CT molecular complexity index is 411. The highest BCUT2D eigenvalue weighted by atomic mass is 79.9. The van der Waals surface area contributed by atoms with Crippen LogP contribution in [0, 0.1) is 0 Å². The molecule has 1 aromatic carbocycles. The first-order valence-electron chi connectivity index (χ1n) is 5.37. The summed E-state index contributed by atoms with van der Waals surface area (Å²) in [7, 11) is 3.18. The number of ether oxygens (including phenoxy) is 2. The van der Waals surface area contributed by atoms with E-state index in [4.69, 9.17) is 14.6 Å². The van der Waals surface area contributed by atoms with Gasteiger partial charge in [0, 0.05) is 30.9 Å². The van der Waals surface area contributed by atoms with Crippen molar-refractivity contribution in [1.29, 1.82) is 0 Å². The fraction of sp³-hybridized carbons (Fsp3) is 0.417. The summed E-state index contributed by atoms with van der Waals surface area (Å²) in [5.74, 6) is -0.981. The summed E-state index contributed by atoms with van der Waals surface area (Å²) in [6.45, 7) is 0.918. The number of rotatable bonds is 7. The topological polar surface area (TPSA) is 67.8 Å². The summed E-state index contributed by atoms with van der Waals surface area (Å²) in [4.78, 5) is 11.2. The van der Waals surface area contributed by atoms with E-state index in [1.54, 1.807) is 32.4 Å². The van der Waals surface area contributed by atoms with Crippen LogP contribution in [0.4, 0.5) is 5.69 Å². The average Bonchev–Trinajstić information content (AvgIpc) is 2.33. The Labute approximate surface area is 114 Å². The van der Waals surface area contributed by atoms with Crippen molar-refractivity contribution in [3.05, 3.63) is 28.2 Å². The number of nitrogens with one attached hydrogen (secondary N) is 1. The van der Waals surface area contributed by atoms with Gasteiger partial charge in [-0.05, 0) is 28.1 Å². The summed E-state index contributed by atoms with van der Waals surface area (Å²) in [6, 6.07) is 5.18. The normalized spacial score (nSPS) is 12.2. The monoisotopic (exact) mass is 317 g/mol. The number of anilines is 1. The maximum absolute atomic E-state index is 11.2. The van der Waals surface area contributed by atoms with Crippen molar-refractivity contribution in [2.45, 2.75) is 6.10 Å². The SMILES string of the molecule is COCC(CNc1cccc(Br)c1C(=O)O)OC. The molecule has 0 saturated heterocycles. The molecular formula is C12H16BrNO4. The lowest BCUT2D eigenvalue weighted by Crippen LogP contribution is -2.27. The molecule has 0 amide bonds. The number of carboxylic acid groups (broad SMARTS) is 1. The summed E-state index contributed by atoms with van der Waals surface area (Å²) in [5, 5.41) is 12.2. The van der Waals surface area contributed by atoms with Crippen LogP contribution in [-0.4, -0.2) is 44.6 Å². The zero-order valence-electron chi connectivity index (χ0n) is 10.3. The van der Waals surface area contributed by atoms with Gasteiger partial charge in [-0.3, -0.25) is 0 Å². The Morgan fingerprint density at radius 1 is 1.50 bits per heavy atom. The van der Waals surface area contributed by atoms with E-state index in [1.165, 1.54) is 0 Å². The Morgan fingerprint density at radius 2 is 2.22 bits per heavy atom. The molecule has 0 heterocycles. The molecule has 0 spiro atoms.